The summed E-state index contributed by atoms with van der Waals surface area (Å²) >= 11 is 2.50. The normalized spacial score (nSPS) is 16.8. The highest BCUT2D eigenvalue weighted by Crippen LogP contribution is 2.40. The van der Waals surface area contributed by atoms with Gasteiger partial charge in [-0.25, -0.2) is 9.78 Å². The fourth-order valence-electron chi connectivity index (χ4n) is 3.56. The molecule has 1 amide bonds. The number of carbonyl (C=O) groups excluding carboxylic acids is 1. The summed E-state index contributed by atoms with van der Waals surface area (Å²) in [6.07, 6.45) is 0.291. The Bertz CT molecular complexity index is 1020. The second-order valence-corrected chi connectivity index (χ2v) is 10.7. The Morgan fingerprint density at radius 2 is 2.10 bits per heavy atom. The number of nitrogens with zero attached hydrogens (tertiary/aromatic N) is 4. The number of amides is 1. The molecule has 0 spiro atoms. The SMILES string of the molecule is CC(C)(C)OC(=O)N1CCc2cc(N(c3c(Br)nc4n3CCS4)S(=O)[O-])ccc2C1. The number of halogens is 1. The van der Waals surface area contributed by atoms with Crippen molar-refractivity contribution in [2.45, 2.75) is 51.0 Å². The molecule has 0 radical (unpaired) electrons. The molecule has 162 valence electrons. The molecule has 11 heteroatoms. The fourth-order valence-corrected chi connectivity index (χ4v) is 5.91. The third kappa shape index (κ3) is 4.25. The standard InChI is InChI=1S/C19H23BrN4O4S2/c1-19(2,3)28-18(25)22-7-6-12-10-14(5-4-13(12)11-22)24(30(26)27)16-15(20)21-17-23(16)8-9-29-17/h4-5,10H,6-9,11H2,1-3H3,(H,26,27)/p-1. The van der Waals surface area contributed by atoms with E-state index in [1.807, 2.05) is 37.5 Å². The van der Waals surface area contributed by atoms with Gasteiger partial charge in [0.1, 0.15) is 5.60 Å². The summed E-state index contributed by atoms with van der Waals surface area (Å²) in [4.78, 5) is 18.5. The van der Waals surface area contributed by atoms with E-state index in [1.54, 1.807) is 22.7 Å². The molecule has 3 heterocycles. The maximum atomic E-state index is 12.4. The topological polar surface area (TPSA) is 90.7 Å². The van der Waals surface area contributed by atoms with Crippen LogP contribution < -0.4 is 4.31 Å². The number of benzene rings is 1. The van der Waals surface area contributed by atoms with Crippen molar-refractivity contribution in [3.63, 3.8) is 0 Å². The van der Waals surface area contributed by atoms with Gasteiger partial charge in [-0.1, -0.05) is 17.8 Å². The molecule has 0 saturated carbocycles. The molecule has 1 unspecified atom stereocenters. The predicted octanol–water partition coefficient (Wildman–Crippen LogP) is 3.98. The molecule has 2 aromatic rings. The molecule has 2 aliphatic rings. The molecule has 0 bridgehead atoms. The average Bonchev–Trinajstić information content (AvgIpc) is 3.21. The molecule has 0 N–H and O–H groups in total. The molecular weight excluding hydrogens is 492 g/mol. The van der Waals surface area contributed by atoms with Crippen molar-refractivity contribution in [3.05, 3.63) is 33.9 Å². The molecular formula is C19H22BrN4O4S2-. The Morgan fingerprint density at radius 3 is 2.80 bits per heavy atom. The summed E-state index contributed by atoms with van der Waals surface area (Å²) in [5.41, 5.74) is 2.01. The maximum absolute atomic E-state index is 12.4. The molecule has 4 rings (SSSR count). The van der Waals surface area contributed by atoms with Gasteiger partial charge < -0.3 is 18.8 Å². The van der Waals surface area contributed by atoms with Crippen molar-refractivity contribution in [1.29, 1.82) is 0 Å². The minimum Gasteiger partial charge on any atom is -0.755 e. The summed E-state index contributed by atoms with van der Waals surface area (Å²) in [7, 11) is 0. The van der Waals surface area contributed by atoms with Crippen LogP contribution in [0.1, 0.15) is 31.9 Å². The van der Waals surface area contributed by atoms with E-state index in [1.165, 1.54) is 4.31 Å². The first-order valence-corrected chi connectivity index (χ1v) is 12.3. The second kappa shape index (κ2) is 8.18. The number of rotatable bonds is 3. The average molecular weight is 514 g/mol. The van der Waals surface area contributed by atoms with Gasteiger partial charge in [0, 0.05) is 25.4 Å². The Labute approximate surface area is 190 Å². The van der Waals surface area contributed by atoms with Crippen LogP contribution in [-0.2, 0) is 35.5 Å². The first-order chi connectivity index (χ1) is 14.1. The van der Waals surface area contributed by atoms with Crippen molar-refractivity contribution < 1.29 is 18.3 Å². The fraction of sp³-hybridized carbons (Fsp3) is 0.474. The third-order valence-corrected chi connectivity index (χ3v) is 7.01. The van der Waals surface area contributed by atoms with E-state index in [0.717, 1.165) is 22.0 Å². The molecule has 0 aliphatic carbocycles. The Balaban J connectivity index is 1.61. The van der Waals surface area contributed by atoms with E-state index < -0.39 is 16.9 Å². The van der Waals surface area contributed by atoms with Crippen LogP contribution in [0.4, 0.5) is 16.3 Å². The van der Waals surface area contributed by atoms with E-state index >= 15 is 0 Å². The van der Waals surface area contributed by atoms with Crippen LogP contribution in [0.15, 0.2) is 28.0 Å². The lowest BCUT2D eigenvalue weighted by Crippen LogP contribution is -2.40. The van der Waals surface area contributed by atoms with Gasteiger partial charge >= 0.3 is 6.09 Å². The summed E-state index contributed by atoms with van der Waals surface area (Å²) in [6.45, 7) is 7.20. The summed E-state index contributed by atoms with van der Waals surface area (Å²) < 4.78 is 33.5. The van der Waals surface area contributed by atoms with E-state index in [2.05, 4.69) is 20.9 Å². The van der Waals surface area contributed by atoms with Crippen molar-refractivity contribution >= 4 is 56.6 Å². The Kier molecular flexibility index (Phi) is 5.90. The Hall–Kier alpha value is -1.56. The molecule has 1 aromatic heterocycles. The summed E-state index contributed by atoms with van der Waals surface area (Å²) in [5, 5.41) is 0.804. The first-order valence-electron chi connectivity index (χ1n) is 9.52. The minimum atomic E-state index is -2.51. The highest BCUT2D eigenvalue weighted by Gasteiger charge is 2.29. The number of anilines is 2. The maximum Gasteiger partial charge on any atom is 0.410 e. The van der Waals surface area contributed by atoms with Crippen molar-refractivity contribution in [2.24, 2.45) is 0 Å². The van der Waals surface area contributed by atoms with Gasteiger partial charge in [-0.05, 0) is 66.4 Å². The van der Waals surface area contributed by atoms with Crippen molar-refractivity contribution in [1.82, 2.24) is 14.5 Å². The molecule has 1 atom stereocenters. The lowest BCUT2D eigenvalue weighted by Gasteiger charge is -2.32. The molecule has 2 aliphatic heterocycles. The highest BCUT2D eigenvalue weighted by molar-refractivity contribution is 9.10. The third-order valence-electron chi connectivity index (χ3n) is 4.84. The first kappa shape index (κ1) is 21.7. The van der Waals surface area contributed by atoms with E-state index in [4.69, 9.17) is 4.74 Å². The number of carbonyl (C=O) groups is 1. The number of aromatic nitrogens is 2. The number of hydrogen-bond acceptors (Lipinski definition) is 6. The number of imidazole rings is 1. The zero-order chi connectivity index (χ0) is 21.6. The lowest BCUT2D eigenvalue weighted by molar-refractivity contribution is 0.0224. The van der Waals surface area contributed by atoms with Crippen LogP contribution in [0.5, 0.6) is 0 Å². The van der Waals surface area contributed by atoms with Gasteiger partial charge in [0.2, 0.25) is 0 Å². The monoisotopic (exact) mass is 513 g/mol. The van der Waals surface area contributed by atoms with E-state index in [9.17, 15) is 13.6 Å². The number of thioether (sulfide) groups is 1. The number of hydrogen-bond donors (Lipinski definition) is 0. The molecule has 8 nitrogen and oxygen atoms in total. The van der Waals surface area contributed by atoms with Crippen molar-refractivity contribution in [2.75, 3.05) is 16.6 Å². The quantitative estimate of drug-likeness (QED) is 0.576. The molecule has 0 saturated heterocycles. The smallest absolute Gasteiger partial charge is 0.410 e. The molecule has 1 aromatic carbocycles. The van der Waals surface area contributed by atoms with Crippen LogP contribution in [0.2, 0.25) is 0 Å². The van der Waals surface area contributed by atoms with Crippen LogP contribution in [-0.4, -0.2) is 47.2 Å². The van der Waals surface area contributed by atoms with Gasteiger partial charge in [0.25, 0.3) is 0 Å². The zero-order valence-electron chi connectivity index (χ0n) is 16.9. The summed E-state index contributed by atoms with van der Waals surface area (Å²) in [5.74, 6) is 1.38. The van der Waals surface area contributed by atoms with E-state index in [0.29, 0.717) is 42.2 Å². The number of fused-ring (bicyclic) bond motifs is 2. The molecule has 30 heavy (non-hydrogen) atoms. The van der Waals surface area contributed by atoms with Crippen LogP contribution >= 0.6 is 27.7 Å². The van der Waals surface area contributed by atoms with Gasteiger partial charge in [0.05, 0.1) is 17.0 Å². The van der Waals surface area contributed by atoms with Crippen LogP contribution in [0.3, 0.4) is 0 Å². The zero-order valence-corrected chi connectivity index (χ0v) is 20.1. The van der Waals surface area contributed by atoms with Gasteiger partial charge in [-0.3, -0.25) is 8.51 Å². The van der Waals surface area contributed by atoms with Gasteiger partial charge in [-0.15, -0.1) is 0 Å². The largest absolute Gasteiger partial charge is 0.755 e. The van der Waals surface area contributed by atoms with Gasteiger partial charge in [0.15, 0.2) is 15.6 Å². The minimum absolute atomic E-state index is 0.337. The lowest BCUT2D eigenvalue weighted by atomic mass is 9.99. The van der Waals surface area contributed by atoms with E-state index in [-0.39, 0.29) is 6.09 Å². The Morgan fingerprint density at radius 1 is 1.33 bits per heavy atom. The van der Waals surface area contributed by atoms with Crippen LogP contribution in [0, 0.1) is 0 Å². The van der Waals surface area contributed by atoms with Gasteiger partial charge in [-0.2, -0.15) is 0 Å². The molecule has 0 fully saturated rings. The predicted molar refractivity (Wildman–Crippen MR) is 118 cm³/mol. The number of ether oxygens (including phenoxy) is 1. The van der Waals surface area contributed by atoms with Crippen LogP contribution in [0.25, 0.3) is 0 Å². The summed E-state index contributed by atoms with van der Waals surface area (Å²) in [6, 6.07) is 5.53. The van der Waals surface area contributed by atoms with Crippen molar-refractivity contribution in [3.8, 4) is 0 Å². The second-order valence-electron chi connectivity index (χ2n) is 8.13. The highest BCUT2D eigenvalue weighted by atomic mass is 79.9.